The predicted molar refractivity (Wildman–Crippen MR) is 69.1 cm³/mol. The Morgan fingerprint density at radius 1 is 1.38 bits per heavy atom. The van der Waals surface area contributed by atoms with E-state index in [0.29, 0.717) is 0 Å². The van der Waals surface area contributed by atoms with Gasteiger partial charge in [-0.2, -0.15) is 0 Å². The van der Waals surface area contributed by atoms with Crippen LogP contribution in [0.3, 0.4) is 0 Å². The second-order valence-electron chi connectivity index (χ2n) is 3.39. The van der Waals surface area contributed by atoms with E-state index < -0.39 is 0 Å². The molecule has 0 aliphatic carbocycles. The average molecular weight is 234 g/mol. The monoisotopic (exact) mass is 234 g/mol. The number of ether oxygens (including phenoxy) is 1. The highest BCUT2D eigenvalue weighted by Gasteiger charge is 2.01. The first-order valence-electron chi connectivity index (χ1n) is 4.99. The largest absolute Gasteiger partial charge is 0.497 e. The first-order valence-corrected chi connectivity index (χ1v) is 5.87. The molecule has 0 spiro atoms. The molecule has 2 rings (SSSR count). The molecule has 2 aromatic rings. The van der Waals surface area contributed by atoms with Crippen molar-refractivity contribution in [2.75, 3.05) is 18.2 Å². The third-order valence-corrected chi connectivity index (χ3v) is 3.17. The minimum Gasteiger partial charge on any atom is -0.497 e. The highest BCUT2D eigenvalue weighted by atomic mass is 32.1. The molecule has 0 radical (unpaired) electrons. The van der Waals surface area contributed by atoms with Gasteiger partial charge in [0.1, 0.15) is 5.75 Å². The first-order chi connectivity index (χ1) is 7.79. The van der Waals surface area contributed by atoms with E-state index in [0.717, 1.165) is 23.7 Å². The van der Waals surface area contributed by atoms with Gasteiger partial charge in [-0.25, -0.2) is 0 Å². The van der Waals surface area contributed by atoms with Crippen LogP contribution in [0.1, 0.15) is 4.88 Å². The van der Waals surface area contributed by atoms with E-state index in [1.807, 2.05) is 24.3 Å². The molecule has 0 saturated heterocycles. The normalized spacial score (nSPS) is 10.1. The Morgan fingerprint density at radius 3 is 2.94 bits per heavy atom. The molecule has 4 heteroatoms. The van der Waals surface area contributed by atoms with Crippen LogP contribution in [0, 0.1) is 0 Å². The summed E-state index contributed by atoms with van der Waals surface area (Å²) in [7, 11) is 1.65. The highest BCUT2D eigenvalue weighted by molar-refractivity contribution is 7.09. The summed E-state index contributed by atoms with van der Waals surface area (Å²) < 4.78 is 5.15. The van der Waals surface area contributed by atoms with Crippen LogP contribution < -0.4 is 15.8 Å². The molecule has 0 unspecified atom stereocenters. The second kappa shape index (κ2) is 4.90. The molecule has 1 aromatic carbocycles. The zero-order valence-corrected chi connectivity index (χ0v) is 9.88. The molecule has 84 valence electrons. The van der Waals surface area contributed by atoms with Crippen molar-refractivity contribution < 1.29 is 4.74 Å². The Labute approximate surface area is 98.9 Å². The van der Waals surface area contributed by atoms with Crippen LogP contribution >= 0.6 is 11.3 Å². The van der Waals surface area contributed by atoms with Gasteiger partial charge in [-0.05, 0) is 23.6 Å². The van der Waals surface area contributed by atoms with Gasteiger partial charge in [0.2, 0.25) is 0 Å². The van der Waals surface area contributed by atoms with Crippen LogP contribution in [-0.2, 0) is 6.54 Å². The third kappa shape index (κ3) is 2.46. The number of anilines is 2. The van der Waals surface area contributed by atoms with Crippen molar-refractivity contribution in [2.24, 2.45) is 0 Å². The Hall–Kier alpha value is -1.68. The van der Waals surface area contributed by atoms with Gasteiger partial charge in [0.25, 0.3) is 0 Å². The number of nitrogens with two attached hydrogens (primary N) is 1. The minimum atomic E-state index is 0.734. The summed E-state index contributed by atoms with van der Waals surface area (Å²) in [6, 6.07) is 9.73. The van der Waals surface area contributed by atoms with E-state index in [1.54, 1.807) is 18.4 Å². The number of hydrogen-bond donors (Lipinski definition) is 2. The Morgan fingerprint density at radius 2 is 2.25 bits per heavy atom. The third-order valence-electron chi connectivity index (χ3n) is 2.29. The molecule has 0 aliphatic heterocycles. The van der Waals surface area contributed by atoms with Gasteiger partial charge < -0.3 is 15.8 Å². The lowest BCUT2D eigenvalue weighted by Crippen LogP contribution is -2.01. The van der Waals surface area contributed by atoms with E-state index in [2.05, 4.69) is 16.8 Å². The fourth-order valence-electron chi connectivity index (χ4n) is 1.41. The van der Waals surface area contributed by atoms with Crippen LogP contribution in [0.15, 0.2) is 35.7 Å². The highest BCUT2D eigenvalue weighted by Crippen LogP contribution is 2.25. The molecule has 16 heavy (non-hydrogen) atoms. The lowest BCUT2D eigenvalue weighted by atomic mass is 10.2. The maximum atomic E-state index is 5.87. The van der Waals surface area contributed by atoms with Gasteiger partial charge in [-0.3, -0.25) is 0 Å². The lowest BCUT2D eigenvalue weighted by molar-refractivity contribution is 0.415. The smallest absolute Gasteiger partial charge is 0.121 e. The second-order valence-corrected chi connectivity index (χ2v) is 4.42. The van der Waals surface area contributed by atoms with Crippen LogP contribution in [0.4, 0.5) is 11.4 Å². The number of thiophene rings is 1. The summed E-state index contributed by atoms with van der Waals surface area (Å²) in [5.41, 5.74) is 7.51. The molecule has 0 bridgehead atoms. The maximum Gasteiger partial charge on any atom is 0.121 e. The van der Waals surface area contributed by atoms with E-state index in [-0.39, 0.29) is 0 Å². The van der Waals surface area contributed by atoms with Crippen molar-refractivity contribution in [3.63, 3.8) is 0 Å². The molecule has 0 aliphatic rings. The van der Waals surface area contributed by atoms with Gasteiger partial charge in [-0.15, -0.1) is 11.3 Å². The molecule has 0 atom stereocenters. The van der Waals surface area contributed by atoms with Crippen LogP contribution in [0.25, 0.3) is 0 Å². The molecule has 3 nitrogen and oxygen atoms in total. The van der Waals surface area contributed by atoms with Crippen molar-refractivity contribution in [1.29, 1.82) is 0 Å². The fraction of sp³-hybridized carbons (Fsp3) is 0.167. The van der Waals surface area contributed by atoms with Crippen molar-refractivity contribution in [3.8, 4) is 5.75 Å². The topological polar surface area (TPSA) is 47.3 Å². The zero-order valence-electron chi connectivity index (χ0n) is 9.07. The molecule has 3 N–H and O–H groups in total. The predicted octanol–water partition coefficient (Wildman–Crippen LogP) is 2.95. The average Bonchev–Trinajstić information content (AvgIpc) is 2.81. The fourth-order valence-corrected chi connectivity index (χ4v) is 2.06. The van der Waals surface area contributed by atoms with E-state index in [1.165, 1.54) is 4.88 Å². The summed E-state index contributed by atoms with van der Waals surface area (Å²) in [5, 5.41) is 5.36. The van der Waals surface area contributed by atoms with Crippen molar-refractivity contribution >= 4 is 22.7 Å². The van der Waals surface area contributed by atoms with Crippen molar-refractivity contribution in [1.82, 2.24) is 0 Å². The zero-order chi connectivity index (χ0) is 11.4. The van der Waals surface area contributed by atoms with E-state index in [9.17, 15) is 0 Å². The molecule has 0 fully saturated rings. The van der Waals surface area contributed by atoms with Crippen molar-refractivity contribution in [3.05, 3.63) is 40.6 Å². The van der Waals surface area contributed by atoms with Gasteiger partial charge in [0.05, 0.1) is 18.5 Å². The molecular weight excluding hydrogens is 220 g/mol. The van der Waals surface area contributed by atoms with E-state index in [4.69, 9.17) is 10.5 Å². The summed E-state index contributed by atoms with van der Waals surface area (Å²) in [5.74, 6) is 0.808. The quantitative estimate of drug-likeness (QED) is 0.800. The number of benzene rings is 1. The Balaban J connectivity index is 2.08. The number of rotatable bonds is 4. The van der Waals surface area contributed by atoms with Crippen LogP contribution in [0.2, 0.25) is 0 Å². The number of methoxy groups -OCH3 is 1. The number of nitrogens with one attached hydrogen (secondary N) is 1. The van der Waals surface area contributed by atoms with Crippen LogP contribution in [-0.4, -0.2) is 7.11 Å². The first kappa shape index (κ1) is 10.8. The van der Waals surface area contributed by atoms with Crippen LogP contribution in [0.5, 0.6) is 5.75 Å². The molecular formula is C12H14N2OS. The SMILES string of the molecule is COc1ccc(N)c(NCc2cccs2)c1. The Bertz CT molecular complexity index is 454. The number of nitrogen functional groups attached to an aromatic ring is 1. The number of hydrogen-bond acceptors (Lipinski definition) is 4. The summed E-state index contributed by atoms with van der Waals surface area (Å²) in [6.45, 7) is 0.787. The molecule has 1 aromatic heterocycles. The van der Waals surface area contributed by atoms with Gasteiger partial charge >= 0.3 is 0 Å². The van der Waals surface area contributed by atoms with Crippen molar-refractivity contribution in [2.45, 2.75) is 6.54 Å². The molecule has 0 amide bonds. The van der Waals surface area contributed by atoms with E-state index >= 15 is 0 Å². The van der Waals surface area contributed by atoms with Gasteiger partial charge in [0.15, 0.2) is 0 Å². The maximum absolute atomic E-state index is 5.87. The minimum absolute atomic E-state index is 0.734. The summed E-state index contributed by atoms with van der Waals surface area (Å²) in [6.07, 6.45) is 0. The molecule has 1 heterocycles. The van der Waals surface area contributed by atoms with Gasteiger partial charge in [0, 0.05) is 17.5 Å². The summed E-state index contributed by atoms with van der Waals surface area (Å²) in [4.78, 5) is 1.28. The summed E-state index contributed by atoms with van der Waals surface area (Å²) >= 11 is 1.72. The van der Waals surface area contributed by atoms with Gasteiger partial charge in [-0.1, -0.05) is 6.07 Å². The Kier molecular flexibility index (Phi) is 3.31. The lowest BCUT2D eigenvalue weighted by Gasteiger charge is -2.09. The standard InChI is InChI=1S/C12H14N2OS/c1-15-9-4-5-11(13)12(7-9)14-8-10-3-2-6-16-10/h2-7,14H,8,13H2,1H3. The molecule has 0 saturated carbocycles.